The van der Waals surface area contributed by atoms with E-state index in [1.54, 1.807) is 42.3 Å². The Labute approximate surface area is 180 Å². The molecule has 2 N–H and O–H groups in total. The number of benzene rings is 2. The number of rotatable bonds is 5. The molecule has 5 rings (SSSR count). The molecule has 0 fully saturated rings. The summed E-state index contributed by atoms with van der Waals surface area (Å²) in [6, 6.07) is 6.18. The average Bonchev–Trinajstić information content (AvgIpc) is 3.36. The number of H-pyrrole nitrogens is 1. The summed E-state index contributed by atoms with van der Waals surface area (Å²) in [5.41, 5.74) is 3.47. The lowest BCUT2D eigenvalue weighted by Gasteiger charge is -2.10. The van der Waals surface area contributed by atoms with Crippen molar-refractivity contribution in [3.63, 3.8) is 0 Å². The summed E-state index contributed by atoms with van der Waals surface area (Å²) in [5.74, 6) is 0.403. The fraction of sp³-hybridized carbons (Fsp3) is 0.143. The summed E-state index contributed by atoms with van der Waals surface area (Å²) in [6.45, 7) is 2.16. The van der Waals surface area contributed by atoms with Crippen LogP contribution in [0.15, 0.2) is 42.9 Å². The van der Waals surface area contributed by atoms with Gasteiger partial charge in [0.25, 0.3) is 0 Å². The molecule has 0 aliphatic carbocycles. The molecule has 0 aliphatic heterocycles. The van der Waals surface area contributed by atoms with Crippen molar-refractivity contribution in [1.29, 1.82) is 0 Å². The number of hydrogen-bond acceptors (Lipinski definition) is 6. The van der Waals surface area contributed by atoms with Gasteiger partial charge in [-0.3, -0.25) is 9.67 Å². The van der Waals surface area contributed by atoms with E-state index in [1.807, 2.05) is 0 Å². The molecular formula is C21H16ClFN6O2. The van der Waals surface area contributed by atoms with Gasteiger partial charge in [-0.25, -0.2) is 14.4 Å². The maximum Gasteiger partial charge on any atom is 0.167 e. The molecule has 0 saturated heterocycles. The van der Waals surface area contributed by atoms with Crippen LogP contribution >= 0.6 is 11.6 Å². The van der Waals surface area contributed by atoms with Crippen LogP contribution in [0.5, 0.6) is 11.5 Å². The van der Waals surface area contributed by atoms with Crippen molar-refractivity contribution in [2.45, 2.75) is 13.5 Å². The zero-order chi connectivity index (χ0) is 21.5. The van der Waals surface area contributed by atoms with Gasteiger partial charge in [0.2, 0.25) is 0 Å². The van der Waals surface area contributed by atoms with E-state index < -0.39 is 5.82 Å². The van der Waals surface area contributed by atoms with Crippen LogP contribution in [-0.2, 0) is 6.54 Å². The van der Waals surface area contributed by atoms with Gasteiger partial charge in [0.05, 0.1) is 47.8 Å². The number of halogens is 2. The summed E-state index contributed by atoms with van der Waals surface area (Å²) < 4.78 is 21.9. The first-order valence-corrected chi connectivity index (χ1v) is 9.82. The van der Waals surface area contributed by atoms with Crippen LogP contribution in [0.2, 0.25) is 5.02 Å². The number of nitrogens with zero attached hydrogens (tertiary/aromatic N) is 5. The maximum absolute atomic E-state index is 14.5. The van der Waals surface area contributed by atoms with E-state index >= 15 is 0 Å². The third-order valence-electron chi connectivity index (χ3n) is 4.75. The molecule has 0 atom stereocenters. The fourth-order valence-electron chi connectivity index (χ4n) is 3.30. The summed E-state index contributed by atoms with van der Waals surface area (Å²) in [5, 5.41) is 13.4. The molecule has 10 heteroatoms. The zero-order valence-electron chi connectivity index (χ0n) is 16.3. The highest BCUT2D eigenvalue weighted by atomic mass is 35.5. The van der Waals surface area contributed by atoms with Gasteiger partial charge < -0.3 is 14.8 Å². The minimum atomic E-state index is -0.538. The predicted molar refractivity (Wildman–Crippen MR) is 114 cm³/mol. The van der Waals surface area contributed by atoms with Gasteiger partial charge in [0.1, 0.15) is 22.1 Å². The SMILES string of the molecule is Cc1nc2cc(Oc3ccc4ncc(-c5cnn(CCO)c5)nc4c3Cl)c(F)cc2[nH]1. The first-order chi connectivity index (χ1) is 15.0. The first-order valence-electron chi connectivity index (χ1n) is 9.44. The molecule has 3 aromatic heterocycles. The lowest BCUT2D eigenvalue weighted by molar-refractivity contribution is 0.269. The average molecular weight is 439 g/mol. The second-order valence-electron chi connectivity index (χ2n) is 6.94. The molecule has 156 valence electrons. The molecule has 0 saturated carbocycles. The number of aliphatic hydroxyl groups excluding tert-OH is 1. The van der Waals surface area contributed by atoms with E-state index in [0.29, 0.717) is 40.1 Å². The Morgan fingerprint density at radius 2 is 2.03 bits per heavy atom. The summed E-state index contributed by atoms with van der Waals surface area (Å²) in [4.78, 5) is 16.3. The van der Waals surface area contributed by atoms with Crippen LogP contribution in [0, 0.1) is 12.7 Å². The molecule has 31 heavy (non-hydrogen) atoms. The highest BCUT2D eigenvalue weighted by molar-refractivity contribution is 6.36. The van der Waals surface area contributed by atoms with Gasteiger partial charge in [-0.2, -0.15) is 5.10 Å². The number of aromatic nitrogens is 6. The van der Waals surface area contributed by atoms with E-state index in [9.17, 15) is 4.39 Å². The molecule has 0 spiro atoms. The Kier molecular flexibility index (Phi) is 4.76. The molecule has 8 nitrogen and oxygen atoms in total. The second-order valence-corrected chi connectivity index (χ2v) is 7.32. The summed E-state index contributed by atoms with van der Waals surface area (Å²) in [7, 11) is 0. The molecule has 3 heterocycles. The van der Waals surface area contributed by atoms with Gasteiger partial charge >= 0.3 is 0 Å². The highest BCUT2D eigenvalue weighted by Crippen LogP contribution is 2.36. The minimum Gasteiger partial charge on any atom is -0.453 e. The van der Waals surface area contributed by atoms with E-state index in [2.05, 4.69) is 25.0 Å². The van der Waals surface area contributed by atoms with Gasteiger partial charge in [-0.15, -0.1) is 0 Å². The van der Waals surface area contributed by atoms with E-state index in [-0.39, 0.29) is 23.1 Å². The van der Waals surface area contributed by atoms with Crippen LogP contribution < -0.4 is 4.74 Å². The second kappa shape index (κ2) is 7.60. The molecule has 0 unspecified atom stereocenters. The number of nitrogens with one attached hydrogen (secondary N) is 1. The Morgan fingerprint density at radius 1 is 1.16 bits per heavy atom. The van der Waals surface area contributed by atoms with Gasteiger partial charge in [0.15, 0.2) is 11.6 Å². The van der Waals surface area contributed by atoms with Crippen molar-refractivity contribution in [2.24, 2.45) is 0 Å². The summed E-state index contributed by atoms with van der Waals surface area (Å²) >= 11 is 6.55. The van der Waals surface area contributed by atoms with Crippen LogP contribution in [-0.4, -0.2) is 41.4 Å². The quantitative estimate of drug-likeness (QED) is 0.425. The monoisotopic (exact) mass is 438 g/mol. The first kappa shape index (κ1) is 19.4. The highest BCUT2D eigenvalue weighted by Gasteiger charge is 2.15. The number of fused-ring (bicyclic) bond motifs is 2. The van der Waals surface area contributed by atoms with Gasteiger partial charge in [-0.05, 0) is 19.1 Å². The number of imidazole rings is 1. The van der Waals surface area contributed by atoms with Crippen molar-refractivity contribution in [3.05, 3.63) is 59.5 Å². The molecule has 0 aliphatic rings. The maximum atomic E-state index is 14.5. The zero-order valence-corrected chi connectivity index (χ0v) is 17.1. The molecule has 5 aromatic rings. The lowest BCUT2D eigenvalue weighted by Crippen LogP contribution is -2.01. The van der Waals surface area contributed by atoms with Crippen LogP contribution in [0.25, 0.3) is 33.3 Å². The van der Waals surface area contributed by atoms with Crippen molar-refractivity contribution in [3.8, 4) is 22.8 Å². The number of hydrogen-bond donors (Lipinski definition) is 2. The largest absolute Gasteiger partial charge is 0.453 e. The van der Waals surface area contributed by atoms with Crippen LogP contribution in [0.3, 0.4) is 0 Å². The Bertz CT molecular complexity index is 1430. The normalized spacial score (nSPS) is 11.5. The number of ether oxygens (including phenoxy) is 1. The third-order valence-corrected chi connectivity index (χ3v) is 5.11. The Balaban J connectivity index is 1.53. The standard InChI is InChI=1S/C21H16ClFN6O2/c1-11-26-15-6-13(23)19(7-16(15)27-11)31-18-3-2-14-21(20(18)22)28-17(9-24-14)12-8-25-29(10-12)4-5-30/h2-3,6-10,30H,4-5H2,1H3,(H,26,27). The van der Waals surface area contributed by atoms with Gasteiger partial charge in [0, 0.05) is 23.9 Å². The Hall–Kier alpha value is -3.56. The Morgan fingerprint density at radius 3 is 2.87 bits per heavy atom. The topological polar surface area (TPSA) is 102 Å². The molecule has 0 radical (unpaired) electrons. The van der Waals surface area contributed by atoms with Crippen LogP contribution in [0.4, 0.5) is 4.39 Å². The number of aromatic amines is 1. The fourth-order valence-corrected chi connectivity index (χ4v) is 3.54. The molecule has 0 amide bonds. The van der Waals surface area contributed by atoms with Crippen molar-refractivity contribution >= 4 is 33.7 Å². The predicted octanol–water partition coefficient (Wildman–Crippen LogP) is 4.26. The lowest BCUT2D eigenvalue weighted by atomic mass is 10.2. The third kappa shape index (κ3) is 3.58. The van der Waals surface area contributed by atoms with E-state index in [4.69, 9.17) is 21.4 Å². The van der Waals surface area contributed by atoms with E-state index in [1.165, 1.54) is 12.1 Å². The molecule has 0 bridgehead atoms. The van der Waals surface area contributed by atoms with Crippen molar-refractivity contribution in [1.82, 2.24) is 29.7 Å². The summed E-state index contributed by atoms with van der Waals surface area (Å²) in [6.07, 6.45) is 5.01. The van der Waals surface area contributed by atoms with Crippen LogP contribution in [0.1, 0.15) is 5.82 Å². The van der Waals surface area contributed by atoms with Crippen molar-refractivity contribution < 1.29 is 14.2 Å². The number of aryl methyl sites for hydroxylation is 1. The van der Waals surface area contributed by atoms with Crippen molar-refractivity contribution in [2.75, 3.05) is 6.61 Å². The van der Waals surface area contributed by atoms with Gasteiger partial charge in [-0.1, -0.05) is 11.6 Å². The molecule has 2 aromatic carbocycles. The minimum absolute atomic E-state index is 0.00893. The van der Waals surface area contributed by atoms with E-state index in [0.717, 1.165) is 5.56 Å². The smallest absolute Gasteiger partial charge is 0.167 e. The number of aliphatic hydroxyl groups is 1. The molecular weight excluding hydrogens is 423 g/mol.